The zero-order valence-corrected chi connectivity index (χ0v) is 21.4. The second-order valence-electron chi connectivity index (χ2n) is 8.81. The third-order valence-corrected chi connectivity index (χ3v) is 9.77. The molecule has 3 aromatic heterocycles. The summed E-state index contributed by atoms with van der Waals surface area (Å²) in [5.74, 6) is 1.67. The first kappa shape index (κ1) is 22.6. The Morgan fingerprint density at radius 3 is 2.94 bits per heavy atom. The normalized spacial score (nSPS) is 17.3. The topological polar surface area (TPSA) is 83.6 Å². The van der Waals surface area contributed by atoms with Crippen LogP contribution >= 0.6 is 34.4 Å². The van der Waals surface area contributed by atoms with Gasteiger partial charge in [0.15, 0.2) is 11.0 Å². The summed E-state index contributed by atoms with van der Waals surface area (Å²) < 4.78 is 2.11. The predicted molar refractivity (Wildman–Crippen MR) is 135 cm³/mol. The first-order valence-corrected chi connectivity index (χ1v) is 14.3. The summed E-state index contributed by atoms with van der Waals surface area (Å²) in [4.78, 5) is 15.5. The molecule has 3 aromatic rings. The summed E-state index contributed by atoms with van der Waals surface area (Å²) in [6.45, 7) is 5.09. The van der Waals surface area contributed by atoms with Gasteiger partial charge in [-0.05, 0) is 68.9 Å². The Kier molecular flexibility index (Phi) is 6.59. The van der Waals surface area contributed by atoms with Crippen LogP contribution in [-0.2, 0) is 37.0 Å². The quantitative estimate of drug-likeness (QED) is 0.442. The van der Waals surface area contributed by atoms with Gasteiger partial charge in [0.25, 0.3) is 0 Å². The number of carbonyl (C=O) groups excluding carboxylic acids is 1. The van der Waals surface area contributed by atoms with E-state index in [2.05, 4.69) is 45.4 Å². The number of thiophene rings is 2. The molecule has 6 nitrogen and oxygen atoms in total. The van der Waals surface area contributed by atoms with E-state index in [4.69, 9.17) is 0 Å². The van der Waals surface area contributed by atoms with Crippen LogP contribution in [0.2, 0.25) is 0 Å². The number of nitriles is 1. The molecule has 3 heterocycles. The Hall–Kier alpha value is -2.15. The molecule has 0 aliphatic heterocycles. The van der Waals surface area contributed by atoms with Crippen molar-refractivity contribution in [1.29, 1.82) is 5.26 Å². The van der Waals surface area contributed by atoms with Crippen LogP contribution in [0.25, 0.3) is 11.4 Å². The van der Waals surface area contributed by atoms with Gasteiger partial charge in [0, 0.05) is 27.2 Å². The zero-order chi connectivity index (χ0) is 22.9. The average Bonchev–Trinajstić information content (AvgIpc) is 3.51. The monoisotopic (exact) mass is 497 g/mol. The van der Waals surface area contributed by atoms with Gasteiger partial charge < -0.3 is 9.88 Å². The minimum atomic E-state index is -0.108. The highest BCUT2D eigenvalue weighted by Crippen LogP contribution is 2.40. The van der Waals surface area contributed by atoms with Crippen molar-refractivity contribution in [3.8, 4) is 17.5 Å². The van der Waals surface area contributed by atoms with Gasteiger partial charge in [-0.3, -0.25) is 4.79 Å². The van der Waals surface area contributed by atoms with E-state index >= 15 is 0 Å². The molecule has 5 rings (SSSR count). The van der Waals surface area contributed by atoms with Gasteiger partial charge in [0.05, 0.1) is 11.3 Å². The fourth-order valence-electron chi connectivity index (χ4n) is 4.81. The van der Waals surface area contributed by atoms with Crippen LogP contribution in [-0.4, -0.2) is 26.4 Å². The minimum Gasteiger partial charge on any atom is -0.316 e. The lowest BCUT2D eigenvalue weighted by Gasteiger charge is -2.17. The molecule has 1 amide bonds. The Balaban J connectivity index is 1.29. The fraction of sp³-hybridized carbons (Fsp3) is 0.500. The van der Waals surface area contributed by atoms with Crippen LogP contribution in [0.4, 0.5) is 5.00 Å². The summed E-state index contributed by atoms with van der Waals surface area (Å²) in [5.41, 5.74) is 4.43. The molecule has 33 heavy (non-hydrogen) atoms. The maximum absolute atomic E-state index is 12.8. The molecule has 1 N–H and O–H groups in total. The number of thioether (sulfide) groups is 1. The third kappa shape index (κ3) is 4.36. The molecule has 0 saturated heterocycles. The highest BCUT2D eigenvalue weighted by atomic mass is 32.2. The van der Waals surface area contributed by atoms with Crippen molar-refractivity contribution in [2.75, 3.05) is 11.1 Å². The first-order valence-electron chi connectivity index (χ1n) is 11.6. The summed E-state index contributed by atoms with van der Waals surface area (Å²) >= 11 is 4.81. The Labute approximate surface area is 206 Å². The lowest BCUT2D eigenvalue weighted by Crippen LogP contribution is -2.14. The molecule has 2 aliphatic carbocycles. The van der Waals surface area contributed by atoms with Crippen LogP contribution in [0.5, 0.6) is 0 Å². The second kappa shape index (κ2) is 9.61. The summed E-state index contributed by atoms with van der Waals surface area (Å²) in [6.07, 6.45) is 7.79. The predicted octanol–water partition coefficient (Wildman–Crippen LogP) is 5.69. The molecule has 2 aliphatic rings. The number of fused-ring (bicyclic) bond motifs is 2. The van der Waals surface area contributed by atoms with Crippen molar-refractivity contribution < 1.29 is 4.79 Å². The summed E-state index contributed by atoms with van der Waals surface area (Å²) in [7, 11) is 0. The molecule has 0 bridgehead atoms. The van der Waals surface area contributed by atoms with Crippen LogP contribution in [0.1, 0.15) is 59.6 Å². The summed E-state index contributed by atoms with van der Waals surface area (Å²) in [6, 6.07) is 2.32. The number of aryl methyl sites for hydroxylation is 1. The molecular formula is C24H27N5OS3. The van der Waals surface area contributed by atoms with E-state index < -0.39 is 0 Å². The van der Waals surface area contributed by atoms with Crippen molar-refractivity contribution in [2.24, 2.45) is 5.92 Å². The zero-order valence-electron chi connectivity index (χ0n) is 18.9. The van der Waals surface area contributed by atoms with E-state index in [1.54, 1.807) is 11.3 Å². The number of rotatable bonds is 6. The van der Waals surface area contributed by atoms with Crippen LogP contribution in [0.15, 0.2) is 10.5 Å². The molecule has 0 saturated carbocycles. The van der Waals surface area contributed by atoms with Gasteiger partial charge in [0.1, 0.15) is 11.1 Å². The molecular weight excluding hydrogens is 470 g/mol. The van der Waals surface area contributed by atoms with Crippen molar-refractivity contribution >= 4 is 45.3 Å². The largest absolute Gasteiger partial charge is 0.316 e. The average molecular weight is 498 g/mol. The van der Waals surface area contributed by atoms with E-state index in [-0.39, 0.29) is 11.7 Å². The van der Waals surface area contributed by atoms with E-state index in [0.29, 0.717) is 16.5 Å². The Morgan fingerprint density at radius 1 is 1.27 bits per heavy atom. The van der Waals surface area contributed by atoms with Crippen molar-refractivity contribution in [1.82, 2.24) is 14.8 Å². The number of nitrogens with one attached hydrogen (secondary N) is 1. The number of carbonyl (C=O) groups is 1. The van der Waals surface area contributed by atoms with Crippen LogP contribution in [0.3, 0.4) is 0 Å². The first-order chi connectivity index (χ1) is 16.1. The maximum Gasteiger partial charge on any atom is 0.235 e. The number of hydrogen-bond donors (Lipinski definition) is 1. The molecule has 9 heteroatoms. The lowest BCUT2D eigenvalue weighted by molar-refractivity contribution is -0.113. The standard InChI is InChI=1S/C24H27N5OS3/c1-3-29-22(18-12-31-19-7-5-4-6-15(18)19)27-28-24(29)32-13-21(30)26-23-17(11-25)16-9-8-14(2)10-20(16)33-23/h12,14H,3-10,13H2,1-2H3,(H,26,30). The molecule has 172 valence electrons. The van der Waals surface area contributed by atoms with E-state index in [1.807, 2.05) is 11.3 Å². The fourth-order valence-corrected chi connectivity index (χ4v) is 8.12. The molecule has 0 spiro atoms. The van der Waals surface area contributed by atoms with Gasteiger partial charge in [-0.1, -0.05) is 18.7 Å². The van der Waals surface area contributed by atoms with Crippen molar-refractivity contribution in [2.45, 2.75) is 70.5 Å². The highest BCUT2D eigenvalue weighted by molar-refractivity contribution is 7.99. The molecule has 0 aromatic carbocycles. The Bertz CT molecular complexity index is 1230. The van der Waals surface area contributed by atoms with Gasteiger partial charge in [-0.15, -0.1) is 32.9 Å². The number of nitrogens with zero attached hydrogens (tertiary/aromatic N) is 4. The van der Waals surface area contributed by atoms with Gasteiger partial charge >= 0.3 is 0 Å². The number of anilines is 1. The minimum absolute atomic E-state index is 0.108. The smallest absolute Gasteiger partial charge is 0.235 e. The maximum atomic E-state index is 12.8. The number of hydrogen-bond acceptors (Lipinski definition) is 7. The highest BCUT2D eigenvalue weighted by Gasteiger charge is 2.25. The van der Waals surface area contributed by atoms with Crippen molar-refractivity contribution in [3.05, 3.63) is 31.8 Å². The molecule has 1 unspecified atom stereocenters. The van der Waals surface area contributed by atoms with E-state index in [9.17, 15) is 10.1 Å². The van der Waals surface area contributed by atoms with Crippen LogP contribution in [0, 0.1) is 17.2 Å². The molecule has 0 radical (unpaired) electrons. The number of amides is 1. The summed E-state index contributed by atoms with van der Waals surface area (Å²) in [5, 5.41) is 25.3. The third-order valence-electron chi connectivity index (χ3n) is 6.54. The van der Waals surface area contributed by atoms with E-state index in [0.717, 1.165) is 55.2 Å². The van der Waals surface area contributed by atoms with Gasteiger partial charge in [-0.25, -0.2) is 0 Å². The molecule has 0 fully saturated rings. The van der Waals surface area contributed by atoms with Gasteiger partial charge in [0.2, 0.25) is 5.91 Å². The molecule has 1 atom stereocenters. The second-order valence-corrected chi connectivity index (χ2v) is 11.8. The SMILES string of the molecule is CCn1c(SCC(=O)Nc2sc3c(c2C#N)CCC(C)C3)nnc1-c1csc2c1CCCC2. The number of aromatic nitrogens is 3. The van der Waals surface area contributed by atoms with Gasteiger partial charge in [-0.2, -0.15) is 5.26 Å². The Morgan fingerprint density at radius 2 is 2.12 bits per heavy atom. The lowest BCUT2D eigenvalue weighted by atomic mass is 9.89. The van der Waals surface area contributed by atoms with Crippen LogP contribution < -0.4 is 5.32 Å². The van der Waals surface area contributed by atoms with Crippen molar-refractivity contribution in [3.63, 3.8) is 0 Å². The van der Waals surface area contributed by atoms with E-state index in [1.165, 1.54) is 45.5 Å².